The summed E-state index contributed by atoms with van der Waals surface area (Å²) in [5.74, 6) is -0.205. The molecule has 0 saturated heterocycles. The summed E-state index contributed by atoms with van der Waals surface area (Å²) in [5.41, 5.74) is 2.81. The van der Waals surface area contributed by atoms with Crippen molar-refractivity contribution < 1.29 is 5.11 Å². The number of nitrogens with zero attached hydrogens (tertiary/aromatic N) is 4. The SMILES string of the molecule is Cc1cc2c(cc1Br)n(-c1cccnc1O)c(=O)c1nccn12. The Labute approximate surface area is 138 Å². The number of aryl methyl sites for hydroxylation is 1. The number of imidazole rings is 1. The van der Waals surface area contributed by atoms with E-state index in [2.05, 4.69) is 25.9 Å². The van der Waals surface area contributed by atoms with Crippen LogP contribution in [0.15, 0.2) is 52.1 Å². The van der Waals surface area contributed by atoms with Gasteiger partial charge in [0.1, 0.15) is 5.69 Å². The number of aromatic nitrogens is 4. The second-order valence-corrected chi connectivity index (χ2v) is 6.05. The zero-order valence-corrected chi connectivity index (χ0v) is 13.6. The van der Waals surface area contributed by atoms with Gasteiger partial charge in [-0.3, -0.25) is 13.8 Å². The molecule has 0 saturated carbocycles. The quantitative estimate of drug-likeness (QED) is 0.559. The second-order valence-electron chi connectivity index (χ2n) is 5.20. The highest BCUT2D eigenvalue weighted by Gasteiger charge is 2.16. The topological polar surface area (TPSA) is 72.4 Å². The maximum Gasteiger partial charge on any atom is 0.299 e. The molecule has 0 bridgehead atoms. The number of hydrogen-bond acceptors (Lipinski definition) is 4. The molecule has 0 fully saturated rings. The first-order valence-electron chi connectivity index (χ1n) is 6.90. The predicted octanol–water partition coefficient (Wildman–Crippen LogP) is 2.81. The van der Waals surface area contributed by atoms with Gasteiger partial charge in [-0.2, -0.15) is 0 Å². The van der Waals surface area contributed by atoms with E-state index in [0.717, 1.165) is 15.6 Å². The molecule has 1 N–H and O–H groups in total. The third-order valence-electron chi connectivity index (χ3n) is 3.80. The van der Waals surface area contributed by atoms with Gasteiger partial charge in [-0.1, -0.05) is 15.9 Å². The average Bonchev–Trinajstić information content (AvgIpc) is 3.01. The molecular weight excluding hydrogens is 360 g/mol. The minimum Gasteiger partial charge on any atom is -0.492 e. The van der Waals surface area contributed by atoms with Crippen molar-refractivity contribution in [3.8, 4) is 11.6 Å². The van der Waals surface area contributed by atoms with Crippen molar-refractivity contribution in [1.29, 1.82) is 0 Å². The van der Waals surface area contributed by atoms with E-state index in [1.54, 1.807) is 28.9 Å². The van der Waals surface area contributed by atoms with E-state index >= 15 is 0 Å². The Morgan fingerprint density at radius 1 is 1.17 bits per heavy atom. The fourth-order valence-corrected chi connectivity index (χ4v) is 3.03. The first-order valence-corrected chi connectivity index (χ1v) is 7.69. The summed E-state index contributed by atoms with van der Waals surface area (Å²) in [5, 5.41) is 10.1. The Bertz CT molecular complexity index is 1130. The van der Waals surface area contributed by atoms with Crippen molar-refractivity contribution in [3.05, 3.63) is 63.2 Å². The maximum absolute atomic E-state index is 12.9. The Morgan fingerprint density at radius 2 is 2.00 bits per heavy atom. The van der Waals surface area contributed by atoms with Gasteiger partial charge in [0.25, 0.3) is 5.56 Å². The lowest BCUT2D eigenvalue weighted by Gasteiger charge is -2.14. The molecule has 6 nitrogen and oxygen atoms in total. The number of benzene rings is 1. The van der Waals surface area contributed by atoms with Crippen molar-refractivity contribution in [2.45, 2.75) is 6.92 Å². The molecule has 0 radical (unpaired) electrons. The summed E-state index contributed by atoms with van der Waals surface area (Å²) in [6, 6.07) is 7.15. The zero-order valence-electron chi connectivity index (χ0n) is 12.1. The lowest BCUT2D eigenvalue weighted by atomic mass is 10.2. The molecule has 23 heavy (non-hydrogen) atoms. The van der Waals surface area contributed by atoms with Crippen LogP contribution >= 0.6 is 15.9 Å². The Morgan fingerprint density at radius 3 is 2.78 bits per heavy atom. The van der Waals surface area contributed by atoms with E-state index in [1.165, 1.54) is 10.8 Å². The minimum absolute atomic E-state index is 0.205. The van der Waals surface area contributed by atoms with Crippen LogP contribution in [-0.2, 0) is 0 Å². The smallest absolute Gasteiger partial charge is 0.299 e. The molecule has 0 atom stereocenters. The normalized spacial score (nSPS) is 11.4. The Kier molecular flexibility index (Phi) is 2.99. The molecule has 0 aliphatic heterocycles. The molecule has 1 aromatic carbocycles. The molecule has 0 amide bonds. The summed E-state index contributed by atoms with van der Waals surface area (Å²) >= 11 is 3.50. The van der Waals surface area contributed by atoms with Crippen molar-refractivity contribution in [2.24, 2.45) is 0 Å². The fraction of sp³-hybridized carbons (Fsp3) is 0.0625. The van der Waals surface area contributed by atoms with Gasteiger partial charge in [-0.15, -0.1) is 0 Å². The first-order chi connectivity index (χ1) is 11.1. The number of fused-ring (bicyclic) bond motifs is 3. The number of aromatic hydroxyl groups is 1. The summed E-state index contributed by atoms with van der Waals surface area (Å²) in [4.78, 5) is 20.9. The van der Waals surface area contributed by atoms with Crippen LogP contribution in [0, 0.1) is 6.92 Å². The largest absolute Gasteiger partial charge is 0.492 e. The highest BCUT2D eigenvalue weighted by Crippen LogP contribution is 2.27. The van der Waals surface area contributed by atoms with Crippen LogP contribution in [0.3, 0.4) is 0 Å². The van der Waals surface area contributed by atoms with Gasteiger partial charge >= 0.3 is 0 Å². The third kappa shape index (κ3) is 1.97. The molecule has 4 aromatic rings. The zero-order chi connectivity index (χ0) is 16.1. The van der Waals surface area contributed by atoms with E-state index in [4.69, 9.17) is 0 Å². The Balaban J connectivity index is 2.30. The van der Waals surface area contributed by atoms with Gasteiger partial charge in [-0.25, -0.2) is 9.97 Å². The lowest BCUT2D eigenvalue weighted by Crippen LogP contribution is -2.22. The van der Waals surface area contributed by atoms with Crippen LogP contribution < -0.4 is 5.56 Å². The molecule has 7 heteroatoms. The maximum atomic E-state index is 12.9. The summed E-state index contributed by atoms with van der Waals surface area (Å²) in [6.07, 6.45) is 4.81. The fourth-order valence-electron chi connectivity index (χ4n) is 2.70. The van der Waals surface area contributed by atoms with E-state index < -0.39 is 0 Å². The summed E-state index contributed by atoms with van der Waals surface area (Å²) in [7, 11) is 0. The molecule has 3 heterocycles. The monoisotopic (exact) mass is 370 g/mol. The molecular formula is C16H11BrN4O2. The Hall–Kier alpha value is -2.67. The first kappa shape index (κ1) is 14.0. The van der Waals surface area contributed by atoms with Gasteiger partial charge in [0.15, 0.2) is 0 Å². The highest BCUT2D eigenvalue weighted by molar-refractivity contribution is 9.10. The number of halogens is 1. The van der Waals surface area contributed by atoms with Crippen LogP contribution in [0.4, 0.5) is 0 Å². The average molecular weight is 371 g/mol. The van der Waals surface area contributed by atoms with Gasteiger partial charge in [-0.05, 0) is 36.8 Å². The predicted molar refractivity (Wildman–Crippen MR) is 90.2 cm³/mol. The number of rotatable bonds is 1. The van der Waals surface area contributed by atoms with Crippen molar-refractivity contribution in [3.63, 3.8) is 0 Å². The van der Waals surface area contributed by atoms with Crippen molar-refractivity contribution in [1.82, 2.24) is 18.9 Å². The second kappa shape index (κ2) is 4.92. The number of hydrogen-bond donors (Lipinski definition) is 1. The van der Waals surface area contributed by atoms with E-state index in [-0.39, 0.29) is 11.4 Å². The minimum atomic E-state index is -0.318. The number of pyridine rings is 1. The van der Waals surface area contributed by atoms with Crippen LogP contribution in [0.1, 0.15) is 5.56 Å². The third-order valence-corrected chi connectivity index (χ3v) is 4.65. The van der Waals surface area contributed by atoms with E-state index in [1.807, 2.05) is 19.1 Å². The van der Waals surface area contributed by atoms with Gasteiger partial charge in [0.05, 0.1) is 11.0 Å². The van der Waals surface area contributed by atoms with Crippen LogP contribution in [0.2, 0.25) is 0 Å². The molecule has 3 aromatic heterocycles. The molecule has 114 valence electrons. The van der Waals surface area contributed by atoms with Gasteiger partial charge in [0, 0.05) is 23.1 Å². The summed E-state index contributed by atoms with van der Waals surface area (Å²) < 4.78 is 4.06. The molecule has 4 rings (SSSR count). The standard InChI is InChI=1S/C16H11BrN4O2/c1-9-7-12-13(8-10(9)17)21(11-3-2-4-19-15(11)22)16(23)14-18-5-6-20(12)14/h2-8H,1H3,(H,19,22). The van der Waals surface area contributed by atoms with Crippen LogP contribution in [-0.4, -0.2) is 24.0 Å². The van der Waals surface area contributed by atoms with E-state index in [9.17, 15) is 9.90 Å². The molecule has 0 spiro atoms. The van der Waals surface area contributed by atoms with Gasteiger partial charge in [0.2, 0.25) is 11.5 Å². The van der Waals surface area contributed by atoms with E-state index in [0.29, 0.717) is 16.9 Å². The summed E-state index contributed by atoms with van der Waals surface area (Å²) in [6.45, 7) is 1.98. The van der Waals surface area contributed by atoms with Crippen LogP contribution in [0.5, 0.6) is 5.88 Å². The molecule has 0 aliphatic carbocycles. The highest BCUT2D eigenvalue weighted by atomic mass is 79.9. The van der Waals surface area contributed by atoms with Gasteiger partial charge < -0.3 is 5.11 Å². The molecule has 0 unspecified atom stereocenters. The van der Waals surface area contributed by atoms with Crippen molar-refractivity contribution >= 4 is 32.6 Å². The molecule has 0 aliphatic rings. The lowest BCUT2D eigenvalue weighted by molar-refractivity contribution is 0.450. The van der Waals surface area contributed by atoms with Crippen LogP contribution in [0.25, 0.3) is 22.4 Å². The van der Waals surface area contributed by atoms with Crippen molar-refractivity contribution in [2.75, 3.05) is 0 Å².